The molecule has 12 heteroatoms. The highest BCUT2D eigenvalue weighted by Crippen LogP contribution is 1.79. The topological polar surface area (TPSA) is 154 Å². The van der Waals surface area contributed by atoms with Gasteiger partial charge in [0.05, 0.1) is 0 Å². The first-order valence-electron chi connectivity index (χ1n) is 5.13. The molecule has 0 amide bonds. The molecule has 1 heterocycles. The van der Waals surface area contributed by atoms with Gasteiger partial charge < -0.3 is 0 Å². The van der Waals surface area contributed by atoms with Crippen LogP contribution < -0.4 is 17.1 Å². The zero-order valence-electron chi connectivity index (χ0n) is 10.3. The lowest BCUT2D eigenvalue weighted by Crippen LogP contribution is -2.54. The molecule has 0 saturated carbocycles. The summed E-state index contributed by atoms with van der Waals surface area (Å²) in [5, 5.41) is 0. The van der Waals surface area contributed by atoms with E-state index in [4.69, 9.17) is 0 Å². The Hall–Kier alpha value is -3.45. The van der Waals surface area contributed by atoms with Crippen molar-refractivity contribution in [1.29, 1.82) is 0 Å². The van der Waals surface area contributed by atoms with Gasteiger partial charge in [-0.15, -0.1) is 0 Å². The molecule has 1 rings (SSSR count). The van der Waals surface area contributed by atoms with Crippen molar-refractivity contribution in [2.24, 2.45) is 15.0 Å². The van der Waals surface area contributed by atoms with E-state index in [1.165, 1.54) is 0 Å². The first-order chi connectivity index (χ1) is 10.1. The standard InChI is InChI=1S/C9H6N6O6.4CH4/c16-4-10-1-13-7(19)14(2-11-5-17)9(21)15(8(13)20)3-12-6-18;;;;/h1-3H2;4*1H4. The van der Waals surface area contributed by atoms with Crippen molar-refractivity contribution in [1.82, 2.24) is 13.7 Å². The van der Waals surface area contributed by atoms with Crippen molar-refractivity contribution in [2.45, 2.75) is 49.7 Å². The smallest absolute Gasteiger partial charge is 0.247 e. The Kier molecular flexibility index (Phi) is 16.7. The molecular weight excluding hydrogens is 336 g/mol. The molecule has 0 aliphatic rings. The van der Waals surface area contributed by atoms with Crippen LogP contribution in [0.25, 0.3) is 0 Å². The molecule has 25 heavy (non-hydrogen) atoms. The molecule has 1 aromatic rings. The van der Waals surface area contributed by atoms with Crippen LogP contribution in [0.1, 0.15) is 29.7 Å². The van der Waals surface area contributed by atoms with Gasteiger partial charge in [-0.3, -0.25) is 0 Å². The van der Waals surface area contributed by atoms with Gasteiger partial charge in [-0.1, -0.05) is 29.7 Å². The van der Waals surface area contributed by atoms with Crippen molar-refractivity contribution >= 4 is 18.2 Å². The van der Waals surface area contributed by atoms with Crippen LogP contribution in [0.5, 0.6) is 0 Å². The van der Waals surface area contributed by atoms with Gasteiger partial charge in [-0.2, -0.15) is 15.0 Å². The zero-order chi connectivity index (χ0) is 15.8. The molecule has 0 saturated heterocycles. The SMILES string of the molecule is C.C.C.C.O=C=NCn1c(=O)n(CN=C=O)c(=O)n(CN=C=O)c1=O. The van der Waals surface area contributed by atoms with Crippen molar-refractivity contribution < 1.29 is 14.4 Å². The molecule has 0 fully saturated rings. The third-order valence-corrected chi connectivity index (χ3v) is 2.22. The van der Waals surface area contributed by atoms with Crippen LogP contribution in [0.3, 0.4) is 0 Å². The number of nitrogens with zero attached hydrogens (tertiary/aromatic N) is 6. The predicted octanol–water partition coefficient (Wildman–Crippen LogP) is -0.404. The first-order valence-corrected chi connectivity index (χ1v) is 5.13. The minimum atomic E-state index is -1.14. The summed E-state index contributed by atoms with van der Waals surface area (Å²) in [4.78, 5) is 74.9. The van der Waals surface area contributed by atoms with E-state index < -0.39 is 37.1 Å². The van der Waals surface area contributed by atoms with Gasteiger partial charge in [0, 0.05) is 0 Å². The molecular formula is C13H22N6O6. The highest BCUT2D eigenvalue weighted by Gasteiger charge is 2.14. The number of rotatable bonds is 6. The van der Waals surface area contributed by atoms with Gasteiger partial charge in [0.25, 0.3) is 0 Å². The first kappa shape index (κ1) is 29.5. The monoisotopic (exact) mass is 358 g/mol. The van der Waals surface area contributed by atoms with Gasteiger partial charge in [0.15, 0.2) is 0 Å². The Labute approximate surface area is 143 Å². The van der Waals surface area contributed by atoms with Gasteiger partial charge in [-0.05, 0) is 0 Å². The summed E-state index contributed by atoms with van der Waals surface area (Å²) in [6.45, 7) is -2.09. The van der Waals surface area contributed by atoms with Crippen LogP contribution in [0.15, 0.2) is 29.4 Å². The number of aromatic nitrogens is 3. The van der Waals surface area contributed by atoms with Crippen LogP contribution in [0.2, 0.25) is 0 Å². The number of hydrogen-bond donors (Lipinski definition) is 0. The van der Waals surface area contributed by atoms with Crippen molar-refractivity contribution in [3.8, 4) is 0 Å². The van der Waals surface area contributed by atoms with E-state index in [0.717, 1.165) is 18.2 Å². The van der Waals surface area contributed by atoms with Gasteiger partial charge in [0.2, 0.25) is 18.2 Å². The van der Waals surface area contributed by atoms with E-state index in [2.05, 4.69) is 15.0 Å². The second kappa shape index (κ2) is 14.2. The molecule has 0 bridgehead atoms. The Balaban J connectivity index is -0.000000551. The highest BCUT2D eigenvalue weighted by molar-refractivity contribution is 5.33. The quantitative estimate of drug-likeness (QED) is 0.497. The van der Waals surface area contributed by atoms with E-state index in [9.17, 15) is 28.8 Å². The molecule has 0 spiro atoms. The summed E-state index contributed by atoms with van der Waals surface area (Å²) < 4.78 is 1.23. The summed E-state index contributed by atoms with van der Waals surface area (Å²) in [5.41, 5.74) is -3.43. The van der Waals surface area contributed by atoms with E-state index in [-0.39, 0.29) is 29.7 Å². The van der Waals surface area contributed by atoms with Crippen LogP contribution >= 0.6 is 0 Å². The summed E-state index contributed by atoms with van der Waals surface area (Å²) in [7, 11) is 0. The largest absolute Gasteiger partial charge is 0.339 e. The lowest BCUT2D eigenvalue weighted by atomic mass is 10.7. The Bertz CT molecular complexity index is 716. The summed E-state index contributed by atoms with van der Waals surface area (Å²) >= 11 is 0. The maximum atomic E-state index is 11.9. The number of aliphatic imine (C=N–C) groups is 3. The third kappa shape index (κ3) is 6.67. The molecule has 1 aromatic heterocycles. The zero-order valence-corrected chi connectivity index (χ0v) is 10.3. The van der Waals surface area contributed by atoms with E-state index in [1.807, 2.05) is 0 Å². The molecule has 0 radical (unpaired) electrons. The van der Waals surface area contributed by atoms with Crippen LogP contribution in [-0.2, 0) is 34.4 Å². The minimum Gasteiger partial charge on any atom is -0.247 e. The maximum absolute atomic E-state index is 11.9. The summed E-state index contributed by atoms with van der Waals surface area (Å²) in [6.07, 6.45) is 3.36. The molecule has 0 N–H and O–H groups in total. The van der Waals surface area contributed by atoms with Gasteiger partial charge in [-0.25, -0.2) is 42.5 Å². The average Bonchev–Trinajstić information content (AvgIpc) is 2.47. The fourth-order valence-corrected chi connectivity index (χ4v) is 1.34. The Morgan fingerprint density at radius 1 is 0.560 bits per heavy atom. The summed E-state index contributed by atoms with van der Waals surface area (Å²) in [6, 6.07) is 0. The van der Waals surface area contributed by atoms with Crippen molar-refractivity contribution in [3.05, 3.63) is 31.5 Å². The van der Waals surface area contributed by atoms with Gasteiger partial charge >= 0.3 is 17.1 Å². The fraction of sp³-hybridized carbons (Fsp3) is 0.538. The predicted molar refractivity (Wildman–Crippen MR) is 90.5 cm³/mol. The number of isocyanates is 3. The lowest BCUT2D eigenvalue weighted by molar-refractivity contribution is 0.454. The van der Waals surface area contributed by atoms with Crippen molar-refractivity contribution in [3.63, 3.8) is 0 Å². The third-order valence-electron chi connectivity index (χ3n) is 2.22. The van der Waals surface area contributed by atoms with E-state index in [1.54, 1.807) is 0 Å². The van der Waals surface area contributed by atoms with Crippen LogP contribution in [0, 0.1) is 0 Å². The highest BCUT2D eigenvalue weighted by atomic mass is 16.2. The molecule has 0 unspecified atom stereocenters. The molecule has 0 aromatic carbocycles. The van der Waals surface area contributed by atoms with E-state index in [0.29, 0.717) is 13.7 Å². The van der Waals surface area contributed by atoms with Crippen molar-refractivity contribution in [2.75, 3.05) is 0 Å². The molecule has 0 aliphatic carbocycles. The Morgan fingerprint density at radius 2 is 0.760 bits per heavy atom. The van der Waals surface area contributed by atoms with E-state index >= 15 is 0 Å². The lowest BCUT2D eigenvalue weighted by Gasteiger charge is -2.08. The fourth-order valence-electron chi connectivity index (χ4n) is 1.34. The van der Waals surface area contributed by atoms with Crippen LogP contribution in [0.4, 0.5) is 0 Å². The molecule has 140 valence electrons. The maximum Gasteiger partial charge on any atom is 0.339 e. The second-order valence-electron chi connectivity index (χ2n) is 3.30. The normalized spacial score (nSPS) is 7.68. The molecule has 0 atom stereocenters. The summed E-state index contributed by atoms with van der Waals surface area (Å²) in [5.74, 6) is 0. The Morgan fingerprint density at radius 3 is 0.920 bits per heavy atom. The van der Waals surface area contributed by atoms with Crippen LogP contribution in [-0.4, -0.2) is 31.9 Å². The average molecular weight is 358 g/mol. The molecule has 12 nitrogen and oxygen atoms in total. The van der Waals surface area contributed by atoms with Gasteiger partial charge in [0.1, 0.15) is 20.0 Å². The minimum absolute atomic E-state index is 0. The number of hydrogen-bond acceptors (Lipinski definition) is 9. The molecule has 0 aliphatic heterocycles. The second-order valence-corrected chi connectivity index (χ2v) is 3.30. The number of carbonyl (C=O) groups excluding carboxylic acids is 3.